The van der Waals surface area contributed by atoms with Crippen LogP contribution < -0.4 is 29.4 Å². The van der Waals surface area contributed by atoms with Gasteiger partial charge in [-0.2, -0.15) is 0 Å². The maximum atomic E-state index is 4.25. The van der Waals surface area contributed by atoms with Crippen LogP contribution in [-0.4, -0.2) is 23.1 Å². The minimum absolute atomic E-state index is 0. The molecule has 0 atom stereocenters. The van der Waals surface area contributed by atoms with Gasteiger partial charge in [-0.25, -0.2) is 0 Å². The fourth-order valence-electron chi connectivity index (χ4n) is 0. The molecule has 0 saturated heterocycles. The minimum atomic E-state index is 0. The van der Waals surface area contributed by atoms with E-state index in [2.05, 4.69) is 26.8 Å². The third kappa shape index (κ3) is 60.2. The van der Waals surface area contributed by atoms with E-state index >= 15 is 0 Å². The first kappa shape index (κ1) is 34.3. The van der Waals surface area contributed by atoms with Crippen LogP contribution in [0.5, 0.6) is 0 Å². The SMILES string of the molecule is [Br-].[CH-]=C.[Cl-].[Mg+2].[Zn+][Br]. The van der Waals surface area contributed by atoms with Gasteiger partial charge in [-0.05, 0) is 0 Å². The van der Waals surface area contributed by atoms with E-state index in [0.29, 0.717) is 0 Å². The van der Waals surface area contributed by atoms with Crippen molar-refractivity contribution < 1.29 is 45.7 Å². The first-order valence-corrected chi connectivity index (χ1v) is 7.62. The molecule has 0 radical (unpaired) electrons. The van der Waals surface area contributed by atoms with Crippen molar-refractivity contribution >= 4 is 36.7 Å². The van der Waals surface area contributed by atoms with Crippen LogP contribution in [0.2, 0.25) is 0 Å². The van der Waals surface area contributed by atoms with Crippen LogP contribution in [0, 0.1) is 6.58 Å². The average molecular weight is 312 g/mol. The molecule has 0 unspecified atom stereocenters. The van der Waals surface area contributed by atoms with E-state index in [1.54, 1.807) is 0 Å². The second-order valence-corrected chi connectivity index (χ2v) is 0. The zero-order chi connectivity index (χ0) is 4.00. The maximum absolute atomic E-state index is 4.25. The Kier molecular flexibility index (Phi) is 395. The molecule has 5 heteroatoms. The predicted molar refractivity (Wildman–Crippen MR) is 24.6 cm³/mol. The van der Waals surface area contributed by atoms with Gasteiger partial charge in [0.25, 0.3) is 0 Å². The summed E-state index contributed by atoms with van der Waals surface area (Å²) in [6.45, 7) is 7.00. The van der Waals surface area contributed by atoms with E-state index in [9.17, 15) is 0 Å². The summed E-state index contributed by atoms with van der Waals surface area (Å²) in [5, 5.41) is 0. The van der Waals surface area contributed by atoms with Gasteiger partial charge in [0.2, 0.25) is 0 Å². The molecule has 0 N–H and O–H groups in total. The molecule has 0 heterocycles. The third-order valence-corrected chi connectivity index (χ3v) is 0. The molecule has 0 aromatic carbocycles. The summed E-state index contributed by atoms with van der Waals surface area (Å²) in [5.74, 6) is 0. The molecule has 0 saturated carbocycles. The van der Waals surface area contributed by atoms with Crippen LogP contribution in [0.3, 0.4) is 0 Å². The Balaban J connectivity index is -0.00000000267. The standard InChI is InChI=1S/C2H3.2BrH.ClH.Mg.Zn/c1-2;;;;;/h1H,2H2;3*1H;;/q-1;;;;2*+2/p-3. The quantitative estimate of drug-likeness (QED) is 0.311. The molecule has 0 aliphatic heterocycles. The van der Waals surface area contributed by atoms with E-state index in [-0.39, 0.29) is 52.4 Å². The van der Waals surface area contributed by atoms with Crippen LogP contribution >= 0.6 is 13.6 Å². The van der Waals surface area contributed by atoms with Crippen molar-refractivity contribution in [2.45, 2.75) is 0 Å². The van der Waals surface area contributed by atoms with E-state index in [0.717, 1.165) is 0 Å². The van der Waals surface area contributed by atoms with Gasteiger partial charge in [-0.15, -0.1) is 0 Å². The van der Waals surface area contributed by atoms with Crippen LogP contribution in [-0.2, 0) is 16.3 Å². The fourth-order valence-corrected chi connectivity index (χ4v) is 0. The van der Waals surface area contributed by atoms with Gasteiger partial charge < -0.3 is 36.0 Å². The van der Waals surface area contributed by atoms with Crippen molar-refractivity contribution in [2.24, 2.45) is 0 Å². The first-order chi connectivity index (χ1) is 2.00. The second kappa shape index (κ2) is 80.6. The van der Waals surface area contributed by atoms with Crippen molar-refractivity contribution in [2.75, 3.05) is 0 Å². The topological polar surface area (TPSA) is 0 Å². The molecular formula is C2H3Br2ClMgZn. The number of hydrogen-bond donors (Lipinski definition) is 0. The Morgan fingerprint density at radius 2 is 1.29 bits per heavy atom. The Morgan fingerprint density at radius 3 is 1.29 bits per heavy atom. The van der Waals surface area contributed by atoms with Crippen molar-refractivity contribution in [3.8, 4) is 0 Å². The summed E-state index contributed by atoms with van der Waals surface area (Å²) in [6, 6.07) is 0. The summed E-state index contributed by atoms with van der Waals surface area (Å²) in [7, 11) is 0. The second-order valence-electron chi connectivity index (χ2n) is 0. The fraction of sp³-hybridized carbons (Fsp3) is 0. The number of hydrogen-bond acceptors (Lipinski definition) is 0. The number of halogens is 3. The van der Waals surface area contributed by atoms with Crippen LogP contribution in [0.4, 0.5) is 0 Å². The summed E-state index contributed by atoms with van der Waals surface area (Å²) in [6.07, 6.45) is 0. The Bertz CT molecular complexity index is 15.7. The van der Waals surface area contributed by atoms with Crippen LogP contribution in [0.15, 0.2) is 6.58 Å². The average Bonchev–Trinajstić information content (AvgIpc) is 1.50. The summed E-state index contributed by atoms with van der Waals surface area (Å²) in [5.41, 5.74) is 0. The molecule has 0 bridgehead atoms. The van der Waals surface area contributed by atoms with Gasteiger partial charge in [0.15, 0.2) is 0 Å². The molecular weight excluding hydrogens is 309 g/mol. The molecule has 0 aromatic heterocycles. The van der Waals surface area contributed by atoms with Crippen molar-refractivity contribution in [1.82, 2.24) is 0 Å². The molecule has 0 spiro atoms. The van der Waals surface area contributed by atoms with Crippen LogP contribution in [0.25, 0.3) is 0 Å². The summed E-state index contributed by atoms with van der Waals surface area (Å²) < 4.78 is 0. The van der Waals surface area contributed by atoms with Crippen molar-refractivity contribution in [3.05, 3.63) is 13.2 Å². The van der Waals surface area contributed by atoms with E-state index in [4.69, 9.17) is 0 Å². The van der Waals surface area contributed by atoms with Gasteiger partial charge >= 0.3 is 53.0 Å². The summed E-state index contributed by atoms with van der Waals surface area (Å²) >= 11 is 4.25. The van der Waals surface area contributed by atoms with E-state index in [1.165, 1.54) is 16.3 Å². The molecule has 0 rings (SSSR count). The first-order valence-electron chi connectivity index (χ1n) is 0.676. The van der Waals surface area contributed by atoms with Gasteiger partial charge in [0.1, 0.15) is 0 Å². The molecule has 0 aromatic rings. The van der Waals surface area contributed by atoms with Crippen molar-refractivity contribution in [1.29, 1.82) is 0 Å². The van der Waals surface area contributed by atoms with Gasteiger partial charge in [0, 0.05) is 0 Å². The molecule has 0 amide bonds. The monoisotopic (exact) mass is 308 g/mol. The number of rotatable bonds is 0. The molecule has 0 fully saturated rings. The van der Waals surface area contributed by atoms with Gasteiger partial charge in [-0.1, -0.05) is 0 Å². The molecule has 0 aliphatic rings. The molecule has 7 heavy (non-hydrogen) atoms. The van der Waals surface area contributed by atoms with Crippen molar-refractivity contribution in [3.63, 3.8) is 0 Å². The predicted octanol–water partition coefficient (Wildman–Crippen LogP) is -4.92. The van der Waals surface area contributed by atoms with E-state index < -0.39 is 0 Å². The summed E-state index contributed by atoms with van der Waals surface area (Å²) in [4.78, 5) is 0. The normalized spacial score (nSPS) is 1.57. The Labute approximate surface area is 94.3 Å². The van der Waals surface area contributed by atoms with Gasteiger partial charge in [-0.3, -0.25) is 6.58 Å². The third-order valence-electron chi connectivity index (χ3n) is 0. The van der Waals surface area contributed by atoms with E-state index in [1.807, 2.05) is 0 Å². The Morgan fingerprint density at radius 1 is 1.29 bits per heavy atom. The molecule has 0 aliphatic carbocycles. The zero-order valence-corrected chi connectivity index (χ0v) is 12.1. The molecule has 36 valence electrons. The molecule has 0 nitrogen and oxygen atoms in total. The van der Waals surface area contributed by atoms with Crippen LogP contribution in [0.1, 0.15) is 0 Å². The van der Waals surface area contributed by atoms with Gasteiger partial charge in [0.05, 0.1) is 0 Å². The Hall–Kier alpha value is 2.38. The zero-order valence-electron chi connectivity index (χ0n) is 3.83.